The maximum atomic E-state index is 12.6. The number of urea groups is 1. The Labute approximate surface area is 149 Å². The standard InChI is InChI=1S/C17H28N2O5S/c1-19(13-8-9-25(23,24)10-13)17(22)18-15(16(20)21)14(11-4-2-5-11)12-6-3-7-12/h11-15H,2-10H2,1H3,(H,18,22)(H,20,21). The van der Waals surface area contributed by atoms with Gasteiger partial charge in [-0.15, -0.1) is 0 Å². The van der Waals surface area contributed by atoms with Crippen molar-refractivity contribution in [1.29, 1.82) is 0 Å². The summed E-state index contributed by atoms with van der Waals surface area (Å²) in [4.78, 5) is 25.8. The molecule has 2 saturated carbocycles. The van der Waals surface area contributed by atoms with Gasteiger partial charge in [-0.05, 0) is 24.2 Å². The largest absolute Gasteiger partial charge is 0.480 e. The van der Waals surface area contributed by atoms with Crippen molar-refractivity contribution < 1.29 is 23.1 Å². The molecule has 3 fully saturated rings. The van der Waals surface area contributed by atoms with Crippen LogP contribution in [0.2, 0.25) is 0 Å². The van der Waals surface area contributed by atoms with Crippen molar-refractivity contribution >= 4 is 21.8 Å². The van der Waals surface area contributed by atoms with Crippen LogP contribution in [0.4, 0.5) is 4.79 Å². The van der Waals surface area contributed by atoms with Gasteiger partial charge in [0.15, 0.2) is 9.84 Å². The highest BCUT2D eigenvalue weighted by Gasteiger charge is 2.45. The van der Waals surface area contributed by atoms with E-state index in [4.69, 9.17) is 0 Å². The highest BCUT2D eigenvalue weighted by atomic mass is 32.2. The molecular formula is C17H28N2O5S. The molecule has 0 radical (unpaired) electrons. The first-order valence-electron chi connectivity index (χ1n) is 9.25. The Balaban J connectivity index is 1.68. The van der Waals surface area contributed by atoms with E-state index in [0.29, 0.717) is 18.3 Å². The highest BCUT2D eigenvalue weighted by Crippen LogP contribution is 2.46. The SMILES string of the molecule is CN(C(=O)NC(C(=O)O)C(C1CCC1)C1CCC1)C1CCS(=O)(=O)C1. The number of nitrogens with zero attached hydrogens (tertiary/aromatic N) is 1. The van der Waals surface area contributed by atoms with E-state index in [1.54, 1.807) is 7.05 Å². The molecule has 1 heterocycles. The van der Waals surface area contributed by atoms with E-state index in [2.05, 4.69) is 5.32 Å². The molecule has 8 heteroatoms. The van der Waals surface area contributed by atoms with Crippen molar-refractivity contribution in [3.05, 3.63) is 0 Å². The summed E-state index contributed by atoms with van der Waals surface area (Å²) in [5, 5.41) is 12.4. The number of hydrogen-bond acceptors (Lipinski definition) is 4. The number of carboxylic acid groups (broad SMARTS) is 1. The summed E-state index contributed by atoms with van der Waals surface area (Å²) in [6.07, 6.45) is 6.84. The van der Waals surface area contributed by atoms with Crippen LogP contribution in [0.5, 0.6) is 0 Å². The summed E-state index contributed by atoms with van der Waals surface area (Å²) in [6.45, 7) is 0. The lowest BCUT2D eigenvalue weighted by atomic mass is 9.62. The van der Waals surface area contributed by atoms with E-state index in [1.165, 1.54) is 4.90 Å². The van der Waals surface area contributed by atoms with Crippen molar-refractivity contribution in [2.45, 2.75) is 57.0 Å². The van der Waals surface area contributed by atoms with Crippen molar-refractivity contribution in [3.63, 3.8) is 0 Å². The maximum absolute atomic E-state index is 12.6. The number of carboxylic acids is 1. The van der Waals surface area contributed by atoms with Gasteiger partial charge in [0.2, 0.25) is 0 Å². The predicted molar refractivity (Wildman–Crippen MR) is 92.9 cm³/mol. The predicted octanol–water partition coefficient (Wildman–Crippen LogP) is 1.48. The second kappa shape index (κ2) is 7.13. The zero-order valence-electron chi connectivity index (χ0n) is 14.7. The lowest BCUT2D eigenvalue weighted by Crippen LogP contribution is -2.56. The highest BCUT2D eigenvalue weighted by molar-refractivity contribution is 7.91. The van der Waals surface area contributed by atoms with Crippen LogP contribution in [-0.4, -0.2) is 61.1 Å². The van der Waals surface area contributed by atoms with Gasteiger partial charge in [-0.25, -0.2) is 18.0 Å². The molecule has 2 N–H and O–H groups in total. The first-order valence-corrected chi connectivity index (χ1v) is 11.1. The van der Waals surface area contributed by atoms with E-state index < -0.39 is 27.9 Å². The maximum Gasteiger partial charge on any atom is 0.326 e. The third kappa shape index (κ3) is 3.93. The molecule has 0 aromatic rings. The van der Waals surface area contributed by atoms with E-state index in [1.807, 2.05) is 0 Å². The minimum absolute atomic E-state index is 0.00957. The smallest absolute Gasteiger partial charge is 0.326 e. The molecule has 2 aliphatic carbocycles. The van der Waals surface area contributed by atoms with Crippen LogP contribution in [-0.2, 0) is 14.6 Å². The second-order valence-electron chi connectivity index (χ2n) is 7.89. The molecular weight excluding hydrogens is 344 g/mol. The number of rotatable bonds is 6. The Morgan fingerprint density at radius 3 is 2.00 bits per heavy atom. The summed E-state index contributed by atoms with van der Waals surface area (Å²) in [6, 6.07) is -1.73. The zero-order valence-corrected chi connectivity index (χ0v) is 15.5. The van der Waals surface area contributed by atoms with E-state index >= 15 is 0 Å². The number of hydrogen-bond donors (Lipinski definition) is 2. The van der Waals surface area contributed by atoms with Crippen LogP contribution in [0.25, 0.3) is 0 Å². The summed E-state index contributed by atoms with van der Waals surface area (Å²) >= 11 is 0. The molecule has 2 unspecified atom stereocenters. The van der Waals surface area contributed by atoms with Crippen LogP contribution < -0.4 is 5.32 Å². The van der Waals surface area contributed by atoms with Gasteiger partial charge < -0.3 is 15.3 Å². The van der Waals surface area contributed by atoms with Gasteiger partial charge in [-0.1, -0.05) is 38.5 Å². The second-order valence-corrected chi connectivity index (χ2v) is 10.1. The molecule has 0 bridgehead atoms. The number of sulfone groups is 1. The van der Waals surface area contributed by atoms with Gasteiger partial charge in [-0.2, -0.15) is 0 Å². The summed E-state index contributed by atoms with van der Waals surface area (Å²) in [7, 11) is -1.53. The Hall–Kier alpha value is -1.31. The van der Waals surface area contributed by atoms with Crippen LogP contribution in [0.1, 0.15) is 44.9 Å². The third-order valence-corrected chi connectivity index (χ3v) is 8.15. The van der Waals surface area contributed by atoms with Crippen molar-refractivity contribution in [3.8, 4) is 0 Å². The molecule has 0 aromatic heterocycles. The molecule has 3 rings (SSSR count). The molecule has 1 saturated heterocycles. The fourth-order valence-electron chi connectivity index (χ4n) is 4.38. The van der Waals surface area contributed by atoms with Gasteiger partial charge in [-0.3, -0.25) is 0 Å². The van der Waals surface area contributed by atoms with Crippen molar-refractivity contribution in [2.24, 2.45) is 17.8 Å². The Morgan fingerprint density at radius 2 is 1.64 bits per heavy atom. The fraction of sp³-hybridized carbons (Fsp3) is 0.882. The van der Waals surface area contributed by atoms with Crippen molar-refractivity contribution in [2.75, 3.05) is 18.6 Å². The minimum atomic E-state index is -3.09. The molecule has 7 nitrogen and oxygen atoms in total. The average molecular weight is 372 g/mol. The Bertz CT molecular complexity index is 613. The van der Waals surface area contributed by atoms with E-state index in [-0.39, 0.29) is 23.5 Å². The molecule has 2 amide bonds. The van der Waals surface area contributed by atoms with Crippen LogP contribution in [0, 0.1) is 17.8 Å². The van der Waals surface area contributed by atoms with E-state index in [0.717, 1.165) is 38.5 Å². The summed E-state index contributed by atoms with van der Waals surface area (Å²) < 4.78 is 23.3. The summed E-state index contributed by atoms with van der Waals surface area (Å²) in [5.41, 5.74) is 0. The molecule has 0 spiro atoms. The number of carbonyl (C=O) groups excluding carboxylic acids is 1. The first-order chi connectivity index (χ1) is 11.8. The molecule has 1 aliphatic heterocycles. The lowest BCUT2D eigenvalue weighted by molar-refractivity contribution is -0.143. The molecule has 3 aliphatic rings. The number of aliphatic carboxylic acids is 1. The van der Waals surface area contributed by atoms with Gasteiger partial charge in [0, 0.05) is 13.1 Å². The van der Waals surface area contributed by atoms with Gasteiger partial charge in [0.05, 0.1) is 11.5 Å². The lowest BCUT2D eigenvalue weighted by Gasteiger charge is -2.45. The quantitative estimate of drug-likeness (QED) is 0.735. The van der Waals surface area contributed by atoms with Crippen LogP contribution in [0.3, 0.4) is 0 Å². The number of carbonyl (C=O) groups is 2. The van der Waals surface area contributed by atoms with Gasteiger partial charge in [0.25, 0.3) is 0 Å². The Morgan fingerprint density at radius 1 is 1.08 bits per heavy atom. The Kier molecular flexibility index (Phi) is 5.27. The topological polar surface area (TPSA) is 104 Å². The molecule has 25 heavy (non-hydrogen) atoms. The van der Waals surface area contributed by atoms with Crippen LogP contribution >= 0.6 is 0 Å². The third-order valence-electron chi connectivity index (χ3n) is 6.39. The fourth-order valence-corrected chi connectivity index (χ4v) is 6.16. The van der Waals surface area contributed by atoms with Crippen LogP contribution in [0.15, 0.2) is 0 Å². The molecule has 0 aromatic carbocycles. The van der Waals surface area contributed by atoms with Crippen molar-refractivity contribution in [1.82, 2.24) is 10.2 Å². The molecule has 142 valence electrons. The van der Waals surface area contributed by atoms with E-state index in [9.17, 15) is 23.1 Å². The minimum Gasteiger partial charge on any atom is -0.480 e. The average Bonchev–Trinajstić information content (AvgIpc) is 2.79. The molecule has 2 atom stereocenters. The normalized spacial score (nSPS) is 27.4. The number of nitrogens with one attached hydrogen (secondary N) is 1. The first kappa shape index (κ1) is 18.5. The van der Waals surface area contributed by atoms with Gasteiger partial charge in [0.1, 0.15) is 6.04 Å². The monoisotopic (exact) mass is 372 g/mol. The zero-order chi connectivity index (χ0) is 18.2. The summed E-state index contributed by atoms with van der Waals surface area (Å²) in [5.74, 6) is -0.185. The number of amides is 2. The van der Waals surface area contributed by atoms with Gasteiger partial charge >= 0.3 is 12.0 Å².